The molecule has 112 valence electrons. The number of aromatic nitrogens is 1. The van der Waals surface area contributed by atoms with Gasteiger partial charge in [-0.15, -0.1) is 0 Å². The number of likely N-dealkylation sites (tertiary alicyclic amines) is 1. The van der Waals surface area contributed by atoms with Gasteiger partial charge in [0.1, 0.15) is 5.76 Å². The smallest absolute Gasteiger partial charge is 0.239 e. The van der Waals surface area contributed by atoms with Crippen LogP contribution >= 0.6 is 0 Å². The highest BCUT2D eigenvalue weighted by molar-refractivity contribution is 5.91. The topological polar surface area (TPSA) is 78.6 Å². The quantitative estimate of drug-likeness (QED) is 0.827. The van der Waals surface area contributed by atoms with Crippen LogP contribution < -0.4 is 5.32 Å². The molecule has 0 spiro atoms. The summed E-state index contributed by atoms with van der Waals surface area (Å²) in [5.41, 5.74) is 0.0137. The van der Waals surface area contributed by atoms with E-state index in [-0.39, 0.29) is 18.1 Å². The number of anilines is 1. The van der Waals surface area contributed by atoms with Gasteiger partial charge in [-0.3, -0.25) is 9.69 Å². The zero-order valence-electron chi connectivity index (χ0n) is 12.2. The van der Waals surface area contributed by atoms with Gasteiger partial charge in [-0.05, 0) is 46.1 Å². The van der Waals surface area contributed by atoms with Crippen LogP contribution in [0.2, 0.25) is 0 Å². The molecule has 1 atom stereocenters. The van der Waals surface area contributed by atoms with Crippen molar-refractivity contribution in [2.75, 3.05) is 25.0 Å². The maximum atomic E-state index is 12.1. The fourth-order valence-electron chi connectivity index (χ4n) is 2.87. The van der Waals surface area contributed by atoms with Crippen molar-refractivity contribution >= 4 is 11.7 Å². The third kappa shape index (κ3) is 3.58. The van der Waals surface area contributed by atoms with Crippen LogP contribution in [-0.2, 0) is 4.79 Å². The molecule has 0 aliphatic carbocycles. The van der Waals surface area contributed by atoms with Gasteiger partial charge in [0.15, 0.2) is 5.82 Å². The average Bonchev–Trinajstić information content (AvgIpc) is 2.95. The maximum absolute atomic E-state index is 12.1. The van der Waals surface area contributed by atoms with Crippen molar-refractivity contribution in [3.8, 4) is 0 Å². The zero-order valence-corrected chi connectivity index (χ0v) is 12.2. The normalized spacial score (nSPS) is 23.1. The van der Waals surface area contributed by atoms with E-state index in [2.05, 4.69) is 22.3 Å². The number of carbonyl (C=O) groups excluding carboxylic acids is 1. The molecule has 1 aromatic heterocycles. The van der Waals surface area contributed by atoms with Crippen LogP contribution in [0.25, 0.3) is 0 Å². The summed E-state index contributed by atoms with van der Waals surface area (Å²) < 4.78 is 4.92. The molecule has 6 heteroatoms. The Morgan fingerprint density at radius 3 is 3.10 bits per heavy atom. The minimum Gasteiger partial charge on any atom is -0.396 e. The monoisotopic (exact) mass is 281 g/mol. The molecule has 0 saturated carbocycles. The lowest BCUT2D eigenvalue weighted by Crippen LogP contribution is -2.45. The molecule has 0 aromatic carbocycles. The van der Waals surface area contributed by atoms with Gasteiger partial charge in [-0.1, -0.05) is 5.16 Å². The van der Waals surface area contributed by atoms with Gasteiger partial charge >= 0.3 is 0 Å². The van der Waals surface area contributed by atoms with Crippen molar-refractivity contribution in [1.82, 2.24) is 10.1 Å². The van der Waals surface area contributed by atoms with E-state index in [1.807, 2.05) is 0 Å². The van der Waals surface area contributed by atoms with Crippen LogP contribution in [0.5, 0.6) is 0 Å². The molecule has 0 bridgehead atoms. The van der Waals surface area contributed by atoms with Crippen LogP contribution in [0, 0.1) is 6.92 Å². The Bertz CT molecular complexity index is 460. The first-order chi connectivity index (χ1) is 9.53. The molecule has 1 aliphatic heterocycles. The number of aliphatic hydroxyl groups excluding tert-OH is 1. The molecule has 1 aliphatic rings. The second-order valence-corrected chi connectivity index (χ2v) is 5.72. The number of aryl methyl sites for hydroxylation is 1. The van der Waals surface area contributed by atoms with Crippen LogP contribution in [0.3, 0.4) is 0 Å². The van der Waals surface area contributed by atoms with Crippen molar-refractivity contribution in [3.63, 3.8) is 0 Å². The molecule has 0 radical (unpaired) electrons. The summed E-state index contributed by atoms with van der Waals surface area (Å²) in [6.07, 6.45) is 3.86. The lowest BCUT2D eigenvalue weighted by Gasteiger charge is -2.34. The maximum Gasteiger partial charge on any atom is 0.239 e. The Morgan fingerprint density at radius 2 is 2.45 bits per heavy atom. The van der Waals surface area contributed by atoms with E-state index in [1.54, 1.807) is 13.0 Å². The minimum atomic E-state index is -0.0737. The highest BCUT2D eigenvalue weighted by Gasteiger charge is 2.36. The van der Waals surface area contributed by atoms with E-state index in [9.17, 15) is 4.79 Å². The number of carbonyl (C=O) groups is 1. The fourth-order valence-corrected chi connectivity index (χ4v) is 2.87. The second kappa shape index (κ2) is 6.37. The number of hydrogen-bond acceptors (Lipinski definition) is 5. The molecule has 2 heterocycles. The standard InChI is InChI=1S/C14H23N3O3/c1-11-9-12(16-20-11)15-13(19)10-17-7-3-5-14(17,2)6-4-8-18/h9,18H,3-8,10H2,1-2H3,(H,15,16,19). The highest BCUT2D eigenvalue weighted by atomic mass is 16.5. The predicted octanol–water partition coefficient (Wildman–Crippen LogP) is 1.55. The van der Waals surface area contributed by atoms with Crippen molar-refractivity contribution in [1.29, 1.82) is 0 Å². The summed E-state index contributed by atoms with van der Waals surface area (Å²) in [6, 6.07) is 1.70. The summed E-state index contributed by atoms with van der Waals surface area (Å²) in [6.45, 7) is 5.44. The van der Waals surface area contributed by atoms with E-state index >= 15 is 0 Å². The molecule has 1 unspecified atom stereocenters. The van der Waals surface area contributed by atoms with Crippen LogP contribution in [0.1, 0.15) is 38.4 Å². The first-order valence-electron chi connectivity index (χ1n) is 7.12. The van der Waals surface area contributed by atoms with E-state index in [0.717, 1.165) is 32.2 Å². The summed E-state index contributed by atoms with van der Waals surface area (Å²) in [5.74, 6) is 1.06. The summed E-state index contributed by atoms with van der Waals surface area (Å²) >= 11 is 0. The highest BCUT2D eigenvalue weighted by Crippen LogP contribution is 2.32. The molecule has 1 saturated heterocycles. The van der Waals surface area contributed by atoms with Gasteiger partial charge in [0.25, 0.3) is 0 Å². The molecule has 1 fully saturated rings. The van der Waals surface area contributed by atoms with Gasteiger partial charge in [0.2, 0.25) is 5.91 Å². The summed E-state index contributed by atoms with van der Waals surface area (Å²) in [4.78, 5) is 14.3. The number of rotatable bonds is 6. The van der Waals surface area contributed by atoms with Crippen LogP contribution in [0.4, 0.5) is 5.82 Å². The average molecular weight is 281 g/mol. The fraction of sp³-hybridized carbons (Fsp3) is 0.714. The van der Waals surface area contributed by atoms with E-state index in [0.29, 0.717) is 18.1 Å². The number of nitrogens with zero attached hydrogens (tertiary/aromatic N) is 2. The van der Waals surface area contributed by atoms with Crippen molar-refractivity contribution in [2.24, 2.45) is 0 Å². The third-order valence-electron chi connectivity index (χ3n) is 4.01. The second-order valence-electron chi connectivity index (χ2n) is 5.72. The zero-order chi connectivity index (χ0) is 14.6. The Labute approximate surface area is 119 Å². The van der Waals surface area contributed by atoms with Crippen LogP contribution in [0.15, 0.2) is 10.6 Å². The Morgan fingerprint density at radius 1 is 1.65 bits per heavy atom. The third-order valence-corrected chi connectivity index (χ3v) is 4.01. The predicted molar refractivity (Wildman–Crippen MR) is 75.4 cm³/mol. The molecule has 1 amide bonds. The lowest BCUT2D eigenvalue weighted by molar-refractivity contribution is -0.118. The summed E-state index contributed by atoms with van der Waals surface area (Å²) in [7, 11) is 0. The summed E-state index contributed by atoms with van der Waals surface area (Å²) in [5, 5.41) is 15.5. The molecule has 2 N–H and O–H groups in total. The first kappa shape index (κ1) is 15.0. The van der Waals surface area contributed by atoms with Gasteiger partial charge in [0, 0.05) is 18.2 Å². The Hall–Kier alpha value is -1.40. The van der Waals surface area contributed by atoms with Crippen molar-refractivity contribution in [3.05, 3.63) is 11.8 Å². The molecule has 6 nitrogen and oxygen atoms in total. The number of aliphatic hydroxyl groups is 1. The van der Waals surface area contributed by atoms with Gasteiger partial charge in [-0.25, -0.2) is 0 Å². The minimum absolute atomic E-state index is 0.0137. The molecule has 1 aromatic rings. The lowest BCUT2D eigenvalue weighted by atomic mass is 9.93. The Balaban J connectivity index is 1.89. The molecular weight excluding hydrogens is 258 g/mol. The SMILES string of the molecule is Cc1cc(NC(=O)CN2CCCC2(C)CCCO)no1. The number of nitrogens with one attached hydrogen (secondary N) is 1. The van der Waals surface area contributed by atoms with E-state index in [4.69, 9.17) is 9.63 Å². The molecule has 2 rings (SSSR count). The van der Waals surface area contributed by atoms with Crippen LogP contribution in [-0.4, -0.2) is 46.3 Å². The first-order valence-corrected chi connectivity index (χ1v) is 7.12. The van der Waals surface area contributed by atoms with Gasteiger partial charge in [-0.2, -0.15) is 0 Å². The van der Waals surface area contributed by atoms with Gasteiger partial charge < -0.3 is 14.9 Å². The van der Waals surface area contributed by atoms with E-state index < -0.39 is 0 Å². The molecular formula is C14H23N3O3. The number of hydrogen-bond donors (Lipinski definition) is 2. The van der Waals surface area contributed by atoms with Crippen molar-refractivity contribution < 1.29 is 14.4 Å². The number of amides is 1. The van der Waals surface area contributed by atoms with E-state index in [1.165, 1.54) is 0 Å². The van der Waals surface area contributed by atoms with Gasteiger partial charge in [0.05, 0.1) is 6.54 Å². The Kier molecular flexibility index (Phi) is 4.77. The van der Waals surface area contributed by atoms with Crippen molar-refractivity contribution in [2.45, 2.75) is 45.1 Å². The largest absolute Gasteiger partial charge is 0.396 e. The molecule has 20 heavy (non-hydrogen) atoms.